The lowest BCUT2D eigenvalue weighted by Crippen LogP contribution is -2.54. The second-order valence-electron chi connectivity index (χ2n) is 5.30. The zero-order valence-corrected chi connectivity index (χ0v) is 11.8. The first-order valence-electron chi connectivity index (χ1n) is 6.53. The van der Waals surface area contributed by atoms with Crippen LogP contribution in [0, 0.1) is 5.92 Å². The summed E-state index contributed by atoms with van der Waals surface area (Å²) in [6.45, 7) is 2.80. The van der Waals surface area contributed by atoms with Crippen molar-refractivity contribution in [2.24, 2.45) is 11.7 Å². The van der Waals surface area contributed by atoms with Gasteiger partial charge in [0, 0.05) is 12.6 Å². The number of rotatable bonds is 5. The van der Waals surface area contributed by atoms with Gasteiger partial charge in [0.25, 0.3) is 0 Å². The molecule has 1 saturated heterocycles. The number of hydrogen-bond donors (Lipinski definition) is 3. The van der Waals surface area contributed by atoms with E-state index in [0.29, 0.717) is 0 Å². The van der Waals surface area contributed by atoms with Crippen molar-refractivity contribution < 1.29 is 19.5 Å². The number of urea groups is 1. The summed E-state index contributed by atoms with van der Waals surface area (Å²) in [6.07, 6.45) is 0.793. The number of nitrogens with two attached hydrogens (primary N) is 1. The Morgan fingerprint density at radius 2 is 2.05 bits per heavy atom. The Morgan fingerprint density at radius 3 is 2.55 bits per heavy atom. The molecule has 0 aliphatic carbocycles. The van der Waals surface area contributed by atoms with E-state index in [2.05, 4.69) is 10.2 Å². The van der Waals surface area contributed by atoms with Gasteiger partial charge in [0.05, 0.1) is 0 Å². The van der Waals surface area contributed by atoms with Gasteiger partial charge in [-0.3, -0.25) is 9.59 Å². The summed E-state index contributed by atoms with van der Waals surface area (Å²) in [7, 11) is 2.01. The van der Waals surface area contributed by atoms with Gasteiger partial charge in [-0.2, -0.15) is 0 Å². The molecule has 3 amide bonds. The summed E-state index contributed by atoms with van der Waals surface area (Å²) in [5, 5.41) is 11.5. The zero-order chi connectivity index (χ0) is 15.3. The van der Waals surface area contributed by atoms with Crippen molar-refractivity contribution in [3.05, 3.63) is 0 Å². The molecular weight excluding hydrogens is 264 g/mol. The molecule has 0 aromatic heterocycles. The Hall–Kier alpha value is -1.83. The number of nitrogens with one attached hydrogen (secondary N) is 1. The number of carbonyl (C=O) groups is 3. The van der Waals surface area contributed by atoms with Gasteiger partial charge in [0.15, 0.2) is 0 Å². The number of nitrogens with zero attached hydrogens (tertiary/aromatic N) is 2. The van der Waals surface area contributed by atoms with Crippen LogP contribution in [0.5, 0.6) is 0 Å². The summed E-state index contributed by atoms with van der Waals surface area (Å²) in [5.41, 5.74) is 5.03. The second-order valence-corrected chi connectivity index (χ2v) is 5.30. The number of primary amides is 1. The summed E-state index contributed by atoms with van der Waals surface area (Å²) in [5.74, 6) is -1.66. The van der Waals surface area contributed by atoms with Gasteiger partial charge < -0.3 is 26.0 Å². The first kappa shape index (κ1) is 16.2. The van der Waals surface area contributed by atoms with Crippen LogP contribution < -0.4 is 11.1 Å². The molecule has 1 heterocycles. The third-order valence-electron chi connectivity index (χ3n) is 3.38. The van der Waals surface area contributed by atoms with E-state index in [1.807, 2.05) is 14.0 Å². The van der Waals surface area contributed by atoms with Crippen molar-refractivity contribution in [2.45, 2.75) is 19.4 Å². The number of likely N-dealkylation sites (tertiary alicyclic amines) is 1. The molecule has 0 saturated carbocycles. The molecule has 0 aromatic rings. The highest BCUT2D eigenvalue weighted by atomic mass is 16.4. The molecule has 0 radical (unpaired) electrons. The Bertz CT molecular complexity index is 372. The third-order valence-corrected chi connectivity index (χ3v) is 3.38. The molecule has 20 heavy (non-hydrogen) atoms. The van der Waals surface area contributed by atoms with Crippen LogP contribution in [0.3, 0.4) is 0 Å². The average Bonchev–Trinajstić information content (AvgIpc) is 2.30. The molecule has 1 fully saturated rings. The molecule has 8 nitrogen and oxygen atoms in total. The maximum Gasteiger partial charge on any atom is 0.323 e. The fourth-order valence-electron chi connectivity index (χ4n) is 2.37. The predicted octanol–water partition coefficient (Wildman–Crippen LogP) is -1.09. The van der Waals surface area contributed by atoms with Crippen LogP contribution in [-0.4, -0.2) is 72.1 Å². The molecule has 8 heteroatoms. The maximum absolute atomic E-state index is 12.0. The van der Waals surface area contributed by atoms with E-state index in [1.165, 1.54) is 0 Å². The van der Waals surface area contributed by atoms with Crippen molar-refractivity contribution in [3.63, 3.8) is 0 Å². The van der Waals surface area contributed by atoms with Gasteiger partial charge in [0.1, 0.15) is 13.1 Å². The van der Waals surface area contributed by atoms with E-state index in [0.717, 1.165) is 24.4 Å². The largest absolute Gasteiger partial charge is 0.480 e. The molecule has 1 aliphatic heterocycles. The van der Waals surface area contributed by atoms with Gasteiger partial charge in [-0.05, 0) is 25.9 Å². The van der Waals surface area contributed by atoms with Crippen LogP contribution in [0.15, 0.2) is 0 Å². The molecule has 1 aliphatic rings. The number of carboxylic acids is 1. The van der Waals surface area contributed by atoms with E-state index < -0.39 is 31.0 Å². The number of carboxylic acid groups (broad SMARTS) is 1. The Kier molecular flexibility index (Phi) is 5.75. The minimum absolute atomic E-state index is 0.0251. The van der Waals surface area contributed by atoms with E-state index >= 15 is 0 Å². The molecule has 114 valence electrons. The van der Waals surface area contributed by atoms with Crippen LogP contribution in [0.2, 0.25) is 0 Å². The van der Waals surface area contributed by atoms with Crippen LogP contribution >= 0.6 is 0 Å². The minimum Gasteiger partial charge on any atom is -0.480 e. The lowest BCUT2D eigenvalue weighted by molar-refractivity contribution is -0.137. The summed E-state index contributed by atoms with van der Waals surface area (Å²) < 4.78 is 0. The number of carbonyl (C=O) groups excluding carboxylic acids is 2. The second kappa shape index (κ2) is 7.09. The normalized spacial score (nSPS) is 23.1. The first-order valence-corrected chi connectivity index (χ1v) is 6.53. The Balaban J connectivity index is 2.60. The highest BCUT2D eigenvalue weighted by Crippen LogP contribution is 2.15. The number of amides is 3. The van der Waals surface area contributed by atoms with Crippen LogP contribution in [0.25, 0.3) is 0 Å². The van der Waals surface area contributed by atoms with Gasteiger partial charge in [-0.25, -0.2) is 4.79 Å². The van der Waals surface area contributed by atoms with Crippen LogP contribution in [-0.2, 0) is 9.59 Å². The molecule has 1 rings (SSSR count). The standard InChI is InChI=1S/C12H22N4O4/c1-8-5-15(2)4-3-9(8)14-12(20)16(6-10(13)17)7-11(18)19/h8-9H,3-7H2,1-2H3,(H2,13,17)(H,14,20)(H,18,19). The average molecular weight is 286 g/mol. The monoisotopic (exact) mass is 286 g/mol. The van der Waals surface area contributed by atoms with Gasteiger partial charge in [-0.1, -0.05) is 6.92 Å². The molecular formula is C12H22N4O4. The van der Waals surface area contributed by atoms with Crippen LogP contribution in [0.1, 0.15) is 13.3 Å². The van der Waals surface area contributed by atoms with Crippen molar-refractivity contribution in [1.29, 1.82) is 0 Å². The lowest BCUT2D eigenvalue weighted by atomic mass is 9.94. The van der Waals surface area contributed by atoms with Crippen LogP contribution in [0.4, 0.5) is 4.79 Å². The van der Waals surface area contributed by atoms with Gasteiger partial charge in [-0.15, -0.1) is 0 Å². The SMILES string of the molecule is CC1CN(C)CCC1NC(=O)N(CC(N)=O)CC(=O)O. The summed E-state index contributed by atoms with van der Waals surface area (Å²) in [6, 6.07) is -0.588. The van der Waals surface area contributed by atoms with Crippen molar-refractivity contribution in [2.75, 3.05) is 33.2 Å². The van der Waals surface area contributed by atoms with Crippen molar-refractivity contribution in [3.8, 4) is 0 Å². The smallest absolute Gasteiger partial charge is 0.323 e. The zero-order valence-electron chi connectivity index (χ0n) is 11.8. The Morgan fingerprint density at radius 1 is 1.40 bits per heavy atom. The highest BCUT2D eigenvalue weighted by molar-refractivity contribution is 5.86. The molecule has 2 unspecified atom stereocenters. The number of piperidine rings is 1. The summed E-state index contributed by atoms with van der Waals surface area (Å²) >= 11 is 0. The maximum atomic E-state index is 12.0. The van der Waals surface area contributed by atoms with E-state index in [4.69, 9.17) is 10.8 Å². The fraction of sp³-hybridized carbons (Fsp3) is 0.750. The predicted molar refractivity (Wildman–Crippen MR) is 72.0 cm³/mol. The van der Waals surface area contributed by atoms with Gasteiger partial charge >= 0.3 is 12.0 Å². The number of aliphatic carboxylic acids is 1. The fourth-order valence-corrected chi connectivity index (χ4v) is 2.37. The third kappa shape index (κ3) is 5.04. The highest BCUT2D eigenvalue weighted by Gasteiger charge is 2.28. The van der Waals surface area contributed by atoms with Crippen molar-refractivity contribution in [1.82, 2.24) is 15.1 Å². The molecule has 2 atom stereocenters. The molecule has 0 aromatic carbocycles. The van der Waals surface area contributed by atoms with Crippen molar-refractivity contribution >= 4 is 17.9 Å². The molecule has 0 bridgehead atoms. The van der Waals surface area contributed by atoms with E-state index in [-0.39, 0.29) is 12.0 Å². The summed E-state index contributed by atoms with van der Waals surface area (Å²) in [4.78, 5) is 36.7. The quantitative estimate of drug-likeness (QED) is 0.594. The topological polar surface area (TPSA) is 116 Å². The van der Waals surface area contributed by atoms with Gasteiger partial charge in [0.2, 0.25) is 5.91 Å². The Labute approximate surface area is 117 Å². The lowest BCUT2D eigenvalue weighted by Gasteiger charge is -2.36. The minimum atomic E-state index is -1.18. The molecule has 4 N–H and O–H groups in total. The first-order chi connectivity index (χ1) is 9.29. The number of hydrogen-bond acceptors (Lipinski definition) is 4. The van der Waals surface area contributed by atoms with E-state index in [1.54, 1.807) is 0 Å². The van der Waals surface area contributed by atoms with E-state index in [9.17, 15) is 14.4 Å². The molecule has 0 spiro atoms.